The van der Waals surface area contributed by atoms with E-state index in [4.69, 9.17) is 9.26 Å². The summed E-state index contributed by atoms with van der Waals surface area (Å²) in [7, 11) is 0. The molecule has 0 aliphatic heterocycles. The molecule has 32 heavy (non-hydrogen) atoms. The second-order valence-corrected chi connectivity index (χ2v) is 7.34. The van der Waals surface area contributed by atoms with Crippen molar-refractivity contribution in [3.63, 3.8) is 0 Å². The number of halogens is 1. The first-order chi connectivity index (χ1) is 15.5. The molecule has 0 spiro atoms. The number of carbonyl (C=O) groups is 1. The lowest BCUT2D eigenvalue weighted by Gasteiger charge is -2.17. The van der Waals surface area contributed by atoms with Gasteiger partial charge in [0.05, 0.1) is 0 Å². The van der Waals surface area contributed by atoms with Crippen LogP contribution in [0.15, 0.2) is 83.4 Å². The van der Waals surface area contributed by atoms with Gasteiger partial charge >= 0.3 is 0 Å². The zero-order chi connectivity index (χ0) is 22.5. The van der Waals surface area contributed by atoms with Crippen molar-refractivity contribution in [2.45, 2.75) is 26.0 Å². The fourth-order valence-corrected chi connectivity index (χ4v) is 3.13. The highest BCUT2D eigenvalue weighted by Gasteiger charge is 2.21. The highest BCUT2D eigenvalue weighted by atomic mass is 19.1. The largest absolute Gasteiger partial charge is 0.481 e. The van der Waals surface area contributed by atoms with Crippen LogP contribution in [0.25, 0.3) is 22.5 Å². The van der Waals surface area contributed by atoms with E-state index in [2.05, 4.69) is 15.5 Å². The average molecular weight is 431 g/mol. The highest BCUT2D eigenvalue weighted by Crippen LogP contribution is 2.23. The topological polar surface area (TPSA) is 77.2 Å². The molecule has 0 radical (unpaired) electrons. The van der Waals surface area contributed by atoms with Crippen molar-refractivity contribution in [1.29, 1.82) is 0 Å². The second-order valence-electron chi connectivity index (χ2n) is 7.34. The van der Waals surface area contributed by atoms with Crippen molar-refractivity contribution in [2.75, 3.05) is 0 Å². The lowest BCUT2D eigenvalue weighted by atomic mass is 10.1. The minimum Gasteiger partial charge on any atom is -0.481 e. The van der Waals surface area contributed by atoms with Crippen LogP contribution in [0.3, 0.4) is 0 Å². The second kappa shape index (κ2) is 9.43. The van der Waals surface area contributed by atoms with Gasteiger partial charge in [-0.25, -0.2) is 4.39 Å². The molecule has 0 saturated heterocycles. The molecule has 1 heterocycles. The van der Waals surface area contributed by atoms with Gasteiger partial charge in [-0.2, -0.15) is 4.98 Å². The Morgan fingerprint density at radius 1 is 0.906 bits per heavy atom. The minimum absolute atomic E-state index is 0.247. The number of amides is 1. The number of rotatable bonds is 7. The number of aromatic nitrogens is 2. The van der Waals surface area contributed by atoms with E-state index in [9.17, 15) is 9.18 Å². The van der Waals surface area contributed by atoms with E-state index in [1.54, 1.807) is 26.0 Å². The summed E-state index contributed by atoms with van der Waals surface area (Å²) >= 11 is 0. The molecule has 1 amide bonds. The van der Waals surface area contributed by atoms with Crippen LogP contribution >= 0.6 is 0 Å². The van der Waals surface area contributed by atoms with Crippen molar-refractivity contribution in [1.82, 2.24) is 15.5 Å². The number of benzene rings is 3. The molecule has 0 saturated carbocycles. The van der Waals surface area contributed by atoms with Crippen LogP contribution < -0.4 is 10.1 Å². The Bertz CT molecular complexity index is 1180. The van der Waals surface area contributed by atoms with E-state index in [0.717, 1.165) is 11.1 Å². The normalized spacial score (nSPS) is 12.7. The van der Waals surface area contributed by atoms with Crippen molar-refractivity contribution in [3.05, 3.63) is 90.6 Å². The summed E-state index contributed by atoms with van der Waals surface area (Å²) in [5, 5.41) is 6.71. The summed E-state index contributed by atoms with van der Waals surface area (Å²) < 4.78 is 24.1. The Kier molecular flexibility index (Phi) is 6.26. The van der Waals surface area contributed by atoms with Gasteiger partial charge in [0.15, 0.2) is 6.10 Å². The number of hydrogen-bond acceptors (Lipinski definition) is 5. The SMILES string of the molecule is CC(Oc1ccc(-c2ccccc2)cc1)C(=O)NC(C)c1nc(-c2ccc(F)cc2)no1. The van der Waals surface area contributed by atoms with Gasteiger partial charge in [-0.3, -0.25) is 4.79 Å². The molecule has 0 fully saturated rings. The van der Waals surface area contributed by atoms with E-state index in [1.165, 1.54) is 12.1 Å². The van der Waals surface area contributed by atoms with Crippen LogP contribution in [0, 0.1) is 5.82 Å². The van der Waals surface area contributed by atoms with Crippen molar-refractivity contribution >= 4 is 5.91 Å². The van der Waals surface area contributed by atoms with E-state index in [1.807, 2.05) is 54.6 Å². The summed E-state index contributed by atoms with van der Waals surface area (Å²) in [5.41, 5.74) is 2.80. The molecule has 1 N–H and O–H groups in total. The third kappa shape index (κ3) is 5.00. The maximum atomic E-state index is 13.1. The molecule has 2 unspecified atom stereocenters. The fraction of sp³-hybridized carbons (Fsp3) is 0.160. The summed E-state index contributed by atoms with van der Waals surface area (Å²) in [6, 6.07) is 22.8. The highest BCUT2D eigenvalue weighted by molar-refractivity contribution is 5.81. The summed E-state index contributed by atoms with van der Waals surface area (Å²) in [6.07, 6.45) is -0.723. The average Bonchev–Trinajstić information content (AvgIpc) is 3.31. The fourth-order valence-electron chi connectivity index (χ4n) is 3.13. The van der Waals surface area contributed by atoms with Gasteiger partial charge in [-0.05, 0) is 61.4 Å². The monoisotopic (exact) mass is 431 g/mol. The zero-order valence-corrected chi connectivity index (χ0v) is 17.7. The van der Waals surface area contributed by atoms with Gasteiger partial charge in [0.2, 0.25) is 11.7 Å². The van der Waals surface area contributed by atoms with Crippen molar-refractivity contribution < 1.29 is 18.4 Å². The number of hydrogen-bond donors (Lipinski definition) is 1. The molecule has 4 aromatic rings. The minimum atomic E-state index is -0.723. The van der Waals surface area contributed by atoms with Gasteiger partial charge in [-0.15, -0.1) is 0 Å². The molecular formula is C25H22FN3O3. The van der Waals surface area contributed by atoms with Crippen LogP contribution in [0.2, 0.25) is 0 Å². The van der Waals surface area contributed by atoms with Gasteiger partial charge in [0.1, 0.15) is 17.6 Å². The number of nitrogens with one attached hydrogen (secondary N) is 1. The zero-order valence-electron chi connectivity index (χ0n) is 17.7. The van der Waals surface area contributed by atoms with Crippen molar-refractivity contribution in [2.24, 2.45) is 0 Å². The molecule has 0 aliphatic rings. The van der Waals surface area contributed by atoms with Crippen LogP contribution in [-0.2, 0) is 4.79 Å². The van der Waals surface area contributed by atoms with Gasteiger partial charge in [0.25, 0.3) is 5.91 Å². The molecule has 0 bridgehead atoms. The molecule has 1 aromatic heterocycles. The molecule has 6 nitrogen and oxygen atoms in total. The Balaban J connectivity index is 1.35. The van der Waals surface area contributed by atoms with Gasteiger partial charge in [0, 0.05) is 5.56 Å². The van der Waals surface area contributed by atoms with Crippen LogP contribution in [-0.4, -0.2) is 22.2 Å². The maximum Gasteiger partial charge on any atom is 0.261 e. The molecule has 162 valence electrons. The first-order valence-electron chi connectivity index (χ1n) is 10.2. The Hall–Kier alpha value is -4.00. The van der Waals surface area contributed by atoms with E-state index in [-0.39, 0.29) is 17.6 Å². The van der Waals surface area contributed by atoms with Crippen LogP contribution in [0.4, 0.5) is 4.39 Å². The van der Waals surface area contributed by atoms with E-state index >= 15 is 0 Å². The van der Waals surface area contributed by atoms with E-state index in [0.29, 0.717) is 17.1 Å². The number of carbonyl (C=O) groups excluding carboxylic acids is 1. The quantitative estimate of drug-likeness (QED) is 0.436. The van der Waals surface area contributed by atoms with Crippen molar-refractivity contribution in [3.8, 4) is 28.3 Å². The third-order valence-corrected chi connectivity index (χ3v) is 4.92. The molecule has 2 atom stereocenters. The number of nitrogens with zero attached hydrogens (tertiary/aromatic N) is 2. The summed E-state index contributed by atoms with van der Waals surface area (Å²) in [4.78, 5) is 16.9. The number of ether oxygens (including phenoxy) is 1. The molecule has 7 heteroatoms. The lowest BCUT2D eigenvalue weighted by molar-refractivity contribution is -0.128. The van der Waals surface area contributed by atoms with Crippen LogP contribution in [0.5, 0.6) is 5.75 Å². The summed E-state index contributed by atoms with van der Waals surface area (Å²) in [6.45, 7) is 3.41. The predicted octanol–water partition coefficient (Wildman–Crippen LogP) is 5.19. The molecular weight excluding hydrogens is 409 g/mol. The third-order valence-electron chi connectivity index (χ3n) is 4.92. The standard InChI is InChI=1S/C25H22FN3O3/c1-16(25-28-23(29-32-25)20-8-12-21(26)13-9-20)27-24(30)17(2)31-22-14-10-19(11-15-22)18-6-4-3-5-7-18/h3-17H,1-2H3,(H,27,30). The molecule has 4 rings (SSSR count). The predicted molar refractivity (Wildman–Crippen MR) is 118 cm³/mol. The maximum absolute atomic E-state index is 13.1. The summed E-state index contributed by atoms with van der Waals surface area (Å²) in [5.74, 6) is 0.505. The Labute approximate surface area is 185 Å². The smallest absolute Gasteiger partial charge is 0.261 e. The first-order valence-corrected chi connectivity index (χ1v) is 10.2. The lowest BCUT2D eigenvalue weighted by Crippen LogP contribution is -2.37. The molecule has 0 aliphatic carbocycles. The Morgan fingerprint density at radius 3 is 2.22 bits per heavy atom. The molecule has 3 aromatic carbocycles. The first kappa shape index (κ1) is 21.2. The Morgan fingerprint density at radius 2 is 1.53 bits per heavy atom. The van der Waals surface area contributed by atoms with Gasteiger partial charge in [-0.1, -0.05) is 47.6 Å². The van der Waals surface area contributed by atoms with Crippen LogP contribution in [0.1, 0.15) is 25.8 Å². The van der Waals surface area contributed by atoms with E-state index < -0.39 is 12.1 Å². The van der Waals surface area contributed by atoms with Gasteiger partial charge < -0.3 is 14.6 Å².